The van der Waals surface area contributed by atoms with E-state index in [1.165, 1.54) is 32.1 Å². The van der Waals surface area contributed by atoms with Gasteiger partial charge in [-0.25, -0.2) is 0 Å². The van der Waals surface area contributed by atoms with Crippen LogP contribution in [0.5, 0.6) is 0 Å². The van der Waals surface area contributed by atoms with Crippen molar-refractivity contribution in [1.82, 2.24) is 4.90 Å². The predicted molar refractivity (Wildman–Crippen MR) is 52.2 cm³/mol. The molecule has 2 saturated carbocycles. The SMILES string of the molecule is CN(C1CC1)C1CCCC1(C)C. The molecule has 0 bridgehead atoms. The van der Waals surface area contributed by atoms with Crippen molar-refractivity contribution in [2.45, 2.75) is 58.0 Å². The Kier molecular flexibility index (Phi) is 1.95. The van der Waals surface area contributed by atoms with Gasteiger partial charge < -0.3 is 0 Å². The van der Waals surface area contributed by atoms with Crippen molar-refractivity contribution in [3.05, 3.63) is 0 Å². The summed E-state index contributed by atoms with van der Waals surface area (Å²) in [7, 11) is 2.33. The summed E-state index contributed by atoms with van der Waals surface area (Å²) >= 11 is 0. The van der Waals surface area contributed by atoms with Crippen molar-refractivity contribution in [2.75, 3.05) is 7.05 Å². The highest BCUT2D eigenvalue weighted by atomic mass is 15.2. The molecule has 0 N–H and O–H groups in total. The maximum absolute atomic E-state index is 2.65. The Labute approximate surface area is 76.1 Å². The second-order valence-electron chi connectivity index (χ2n) is 5.29. The average Bonchev–Trinajstić information content (AvgIpc) is 2.75. The third-order valence-electron chi connectivity index (χ3n) is 3.82. The summed E-state index contributed by atoms with van der Waals surface area (Å²) in [4.78, 5) is 2.65. The smallest absolute Gasteiger partial charge is 0.0146 e. The zero-order valence-electron chi connectivity index (χ0n) is 8.64. The lowest BCUT2D eigenvalue weighted by atomic mass is 9.86. The monoisotopic (exact) mass is 167 g/mol. The lowest BCUT2D eigenvalue weighted by Gasteiger charge is -2.35. The van der Waals surface area contributed by atoms with E-state index in [4.69, 9.17) is 0 Å². The van der Waals surface area contributed by atoms with Gasteiger partial charge in [-0.3, -0.25) is 4.90 Å². The molecule has 12 heavy (non-hydrogen) atoms. The standard InChI is InChI=1S/C11H21N/c1-11(2)8-4-5-10(11)12(3)9-6-7-9/h9-10H,4-8H2,1-3H3. The molecule has 2 rings (SSSR count). The highest BCUT2D eigenvalue weighted by molar-refractivity contribution is 4.96. The molecule has 0 aromatic carbocycles. The van der Waals surface area contributed by atoms with Crippen LogP contribution in [0.3, 0.4) is 0 Å². The molecule has 70 valence electrons. The van der Waals surface area contributed by atoms with Gasteiger partial charge in [0.05, 0.1) is 0 Å². The minimum absolute atomic E-state index is 0.581. The van der Waals surface area contributed by atoms with Crippen LogP contribution in [-0.4, -0.2) is 24.0 Å². The predicted octanol–water partition coefficient (Wildman–Crippen LogP) is 2.66. The molecule has 2 aliphatic carbocycles. The maximum Gasteiger partial charge on any atom is 0.0146 e. The average molecular weight is 167 g/mol. The fourth-order valence-electron chi connectivity index (χ4n) is 2.80. The molecule has 0 amide bonds. The Morgan fingerprint density at radius 3 is 2.25 bits per heavy atom. The van der Waals surface area contributed by atoms with Crippen LogP contribution in [0.4, 0.5) is 0 Å². The Morgan fingerprint density at radius 2 is 1.83 bits per heavy atom. The highest BCUT2D eigenvalue weighted by Gasteiger charge is 2.41. The minimum Gasteiger partial charge on any atom is -0.300 e. The molecule has 2 aliphatic rings. The van der Waals surface area contributed by atoms with Gasteiger partial charge in [0, 0.05) is 12.1 Å². The summed E-state index contributed by atoms with van der Waals surface area (Å²) < 4.78 is 0. The van der Waals surface area contributed by atoms with E-state index < -0.39 is 0 Å². The lowest BCUT2D eigenvalue weighted by molar-refractivity contribution is 0.134. The first-order valence-corrected chi connectivity index (χ1v) is 5.33. The topological polar surface area (TPSA) is 3.24 Å². The van der Waals surface area contributed by atoms with E-state index in [2.05, 4.69) is 25.8 Å². The van der Waals surface area contributed by atoms with Gasteiger partial charge in [0.25, 0.3) is 0 Å². The van der Waals surface area contributed by atoms with E-state index in [0.717, 1.165) is 12.1 Å². The molecular weight excluding hydrogens is 146 g/mol. The number of hydrogen-bond acceptors (Lipinski definition) is 1. The minimum atomic E-state index is 0.581. The van der Waals surface area contributed by atoms with Gasteiger partial charge in [0.15, 0.2) is 0 Å². The normalized spacial score (nSPS) is 34.5. The summed E-state index contributed by atoms with van der Waals surface area (Å²) in [5.41, 5.74) is 0.581. The zero-order valence-corrected chi connectivity index (χ0v) is 8.64. The summed E-state index contributed by atoms with van der Waals surface area (Å²) in [5.74, 6) is 0. The van der Waals surface area contributed by atoms with Crippen LogP contribution in [0.15, 0.2) is 0 Å². The third-order valence-corrected chi connectivity index (χ3v) is 3.82. The number of rotatable bonds is 2. The van der Waals surface area contributed by atoms with Crippen LogP contribution < -0.4 is 0 Å². The molecular formula is C11H21N. The highest BCUT2D eigenvalue weighted by Crippen LogP contribution is 2.43. The van der Waals surface area contributed by atoms with Crippen molar-refractivity contribution < 1.29 is 0 Å². The van der Waals surface area contributed by atoms with Crippen LogP contribution in [-0.2, 0) is 0 Å². The molecule has 0 spiro atoms. The van der Waals surface area contributed by atoms with Gasteiger partial charge in [-0.15, -0.1) is 0 Å². The van der Waals surface area contributed by atoms with Crippen LogP contribution in [0.2, 0.25) is 0 Å². The van der Waals surface area contributed by atoms with Crippen molar-refractivity contribution >= 4 is 0 Å². The fourth-order valence-corrected chi connectivity index (χ4v) is 2.80. The van der Waals surface area contributed by atoms with E-state index in [-0.39, 0.29) is 0 Å². The van der Waals surface area contributed by atoms with Gasteiger partial charge in [-0.2, -0.15) is 0 Å². The van der Waals surface area contributed by atoms with Gasteiger partial charge >= 0.3 is 0 Å². The Bertz CT molecular complexity index is 170. The fraction of sp³-hybridized carbons (Fsp3) is 1.00. The van der Waals surface area contributed by atoms with Crippen LogP contribution in [0.25, 0.3) is 0 Å². The Hall–Kier alpha value is -0.0400. The van der Waals surface area contributed by atoms with E-state index in [0.29, 0.717) is 5.41 Å². The molecule has 1 heteroatoms. The number of hydrogen-bond donors (Lipinski definition) is 0. The van der Waals surface area contributed by atoms with Crippen LogP contribution in [0.1, 0.15) is 46.0 Å². The second kappa shape index (κ2) is 2.73. The molecule has 2 fully saturated rings. The van der Waals surface area contributed by atoms with Gasteiger partial charge in [-0.1, -0.05) is 20.3 Å². The number of nitrogens with zero attached hydrogens (tertiary/aromatic N) is 1. The van der Waals surface area contributed by atoms with Crippen LogP contribution in [0, 0.1) is 5.41 Å². The molecule has 0 heterocycles. The molecule has 0 saturated heterocycles. The maximum atomic E-state index is 2.65. The van der Waals surface area contributed by atoms with Crippen molar-refractivity contribution in [3.8, 4) is 0 Å². The van der Waals surface area contributed by atoms with Crippen LogP contribution >= 0.6 is 0 Å². The first kappa shape index (κ1) is 8.55. The molecule has 0 aromatic heterocycles. The second-order valence-corrected chi connectivity index (χ2v) is 5.29. The first-order valence-electron chi connectivity index (χ1n) is 5.33. The first-order chi connectivity index (χ1) is 5.61. The Morgan fingerprint density at radius 1 is 1.17 bits per heavy atom. The quantitative estimate of drug-likeness (QED) is 0.611. The van der Waals surface area contributed by atoms with Crippen molar-refractivity contribution in [2.24, 2.45) is 5.41 Å². The third kappa shape index (κ3) is 1.39. The van der Waals surface area contributed by atoms with Crippen molar-refractivity contribution in [1.29, 1.82) is 0 Å². The van der Waals surface area contributed by atoms with Gasteiger partial charge in [-0.05, 0) is 38.1 Å². The van der Waals surface area contributed by atoms with E-state index in [1.54, 1.807) is 0 Å². The Balaban J connectivity index is 2.01. The van der Waals surface area contributed by atoms with Crippen molar-refractivity contribution in [3.63, 3.8) is 0 Å². The largest absolute Gasteiger partial charge is 0.300 e. The van der Waals surface area contributed by atoms with E-state index in [9.17, 15) is 0 Å². The van der Waals surface area contributed by atoms with Gasteiger partial charge in [0.2, 0.25) is 0 Å². The molecule has 1 unspecified atom stereocenters. The lowest BCUT2D eigenvalue weighted by Crippen LogP contribution is -2.40. The summed E-state index contributed by atoms with van der Waals surface area (Å²) in [5, 5.41) is 0. The zero-order chi connectivity index (χ0) is 8.77. The van der Waals surface area contributed by atoms with Gasteiger partial charge in [0.1, 0.15) is 0 Å². The summed E-state index contributed by atoms with van der Waals surface area (Å²) in [6.45, 7) is 4.87. The molecule has 1 nitrogen and oxygen atoms in total. The van der Waals surface area contributed by atoms with E-state index in [1.807, 2.05) is 0 Å². The summed E-state index contributed by atoms with van der Waals surface area (Å²) in [6, 6.07) is 1.80. The van der Waals surface area contributed by atoms with E-state index >= 15 is 0 Å². The molecule has 0 aromatic rings. The molecule has 1 atom stereocenters. The molecule has 0 radical (unpaired) electrons. The molecule has 0 aliphatic heterocycles. The summed E-state index contributed by atoms with van der Waals surface area (Å²) in [6.07, 6.45) is 7.19.